The second-order valence-corrected chi connectivity index (χ2v) is 6.49. The first-order chi connectivity index (χ1) is 9.48. The van der Waals surface area contributed by atoms with Crippen LogP contribution in [0.3, 0.4) is 0 Å². The summed E-state index contributed by atoms with van der Waals surface area (Å²) >= 11 is 5.25. The smallest absolute Gasteiger partial charge is 0.0816 e. The number of benzene rings is 1. The highest BCUT2D eigenvalue weighted by Crippen LogP contribution is 2.24. The van der Waals surface area contributed by atoms with Gasteiger partial charge in [0.05, 0.1) is 10.6 Å². The largest absolute Gasteiger partial charge is 0.393 e. The lowest BCUT2D eigenvalue weighted by Gasteiger charge is -2.26. The summed E-state index contributed by atoms with van der Waals surface area (Å²) in [7, 11) is 0. The fraction of sp³-hybridized carbons (Fsp3) is 0.562. The van der Waals surface area contributed by atoms with Gasteiger partial charge in [0, 0.05) is 19.0 Å². The molecule has 0 aliphatic carbocycles. The van der Waals surface area contributed by atoms with E-state index in [1.807, 2.05) is 25.1 Å². The molecule has 4 heteroatoms. The molecule has 0 radical (unpaired) electrons. The molecule has 1 aromatic rings. The summed E-state index contributed by atoms with van der Waals surface area (Å²) in [4.78, 5) is 2.92. The molecule has 1 aliphatic rings. The summed E-state index contributed by atoms with van der Waals surface area (Å²) in [6.07, 6.45) is 2.70. The summed E-state index contributed by atoms with van der Waals surface area (Å²) in [5, 5.41) is 10.2. The van der Waals surface area contributed by atoms with Crippen molar-refractivity contribution in [1.29, 1.82) is 0 Å². The number of likely N-dealkylation sites (tertiary alicyclic amines) is 1. The number of hydrogen-bond acceptors (Lipinski definition) is 3. The summed E-state index contributed by atoms with van der Waals surface area (Å²) in [5.41, 5.74) is 6.58. The third-order valence-electron chi connectivity index (χ3n) is 4.14. The molecular weight excluding hydrogens is 268 g/mol. The van der Waals surface area contributed by atoms with E-state index >= 15 is 0 Å². The highest BCUT2D eigenvalue weighted by molar-refractivity contribution is 7.80. The summed E-state index contributed by atoms with van der Waals surface area (Å²) < 4.78 is 0. The summed E-state index contributed by atoms with van der Waals surface area (Å²) in [6, 6.07) is 10.2. The first-order valence-corrected chi connectivity index (χ1v) is 7.68. The van der Waals surface area contributed by atoms with E-state index < -0.39 is 5.60 Å². The monoisotopic (exact) mass is 292 g/mol. The maximum absolute atomic E-state index is 10.2. The predicted molar refractivity (Wildman–Crippen MR) is 86.9 cm³/mol. The minimum Gasteiger partial charge on any atom is -0.393 e. The van der Waals surface area contributed by atoms with Gasteiger partial charge in [0.2, 0.25) is 0 Å². The normalized spacial score (nSPS) is 25.9. The van der Waals surface area contributed by atoms with Crippen molar-refractivity contribution in [3.05, 3.63) is 35.9 Å². The Hall–Kier alpha value is -0.970. The molecule has 0 aromatic heterocycles. The Kier molecular flexibility index (Phi) is 5.13. The van der Waals surface area contributed by atoms with Gasteiger partial charge in [-0.2, -0.15) is 0 Å². The zero-order valence-electron chi connectivity index (χ0n) is 12.1. The number of nitrogens with zero attached hydrogens (tertiary/aromatic N) is 1. The van der Waals surface area contributed by atoms with Gasteiger partial charge in [0.25, 0.3) is 0 Å². The van der Waals surface area contributed by atoms with E-state index in [4.69, 9.17) is 18.0 Å². The molecule has 1 heterocycles. The quantitative estimate of drug-likeness (QED) is 0.836. The van der Waals surface area contributed by atoms with Gasteiger partial charge in [-0.25, -0.2) is 0 Å². The van der Waals surface area contributed by atoms with E-state index in [1.165, 1.54) is 5.56 Å². The first kappa shape index (κ1) is 15.4. The maximum Gasteiger partial charge on any atom is 0.0816 e. The molecule has 3 N–H and O–H groups in total. The maximum atomic E-state index is 10.2. The van der Waals surface area contributed by atoms with E-state index in [2.05, 4.69) is 17.0 Å². The Morgan fingerprint density at radius 3 is 2.70 bits per heavy atom. The van der Waals surface area contributed by atoms with Crippen LogP contribution in [0.25, 0.3) is 0 Å². The van der Waals surface area contributed by atoms with Gasteiger partial charge in [-0.15, -0.1) is 0 Å². The minimum absolute atomic E-state index is 0.0919. The molecule has 2 unspecified atom stereocenters. The molecule has 2 rings (SSSR count). The molecule has 0 spiro atoms. The molecule has 1 aromatic carbocycles. The van der Waals surface area contributed by atoms with Crippen molar-refractivity contribution in [1.82, 2.24) is 4.90 Å². The summed E-state index contributed by atoms with van der Waals surface area (Å²) in [6.45, 7) is 4.68. The lowest BCUT2D eigenvalue weighted by Crippen LogP contribution is -2.35. The molecule has 2 atom stereocenters. The average Bonchev–Trinajstić information content (AvgIpc) is 2.58. The number of hydrogen-bond donors (Lipinski definition) is 2. The Bertz CT molecular complexity index is 447. The fourth-order valence-electron chi connectivity index (χ4n) is 2.81. The Morgan fingerprint density at radius 1 is 1.35 bits per heavy atom. The fourth-order valence-corrected chi connectivity index (χ4v) is 3.02. The molecular formula is C16H24N2OS. The van der Waals surface area contributed by atoms with E-state index in [0.717, 1.165) is 38.9 Å². The van der Waals surface area contributed by atoms with Gasteiger partial charge in [0.15, 0.2) is 0 Å². The number of aliphatic hydroxyl groups is 1. The Morgan fingerprint density at radius 2 is 2.05 bits per heavy atom. The van der Waals surface area contributed by atoms with Gasteiger partial charge in [-0.1, -0.05) is 42.5 Å². The predicted octanol–water partition coefficient (Wildman–Crippen LogP) is 2.29. The molecule has 3 nitrogen and oxygen atoms in total. The van der Waals surface area contributed by atoms with E-state index in [0.29, 0.717) is 4.99 Å². The molecule has 0 amide bonds. The Labute approximate surface area is 126 Å². The Balaban J connectivity index is 2.04. The van der Waals surface area contributed by atoms with Crippen LogP contribution in [-0.4, -0.2) is 40.2 Å². The van der Waals surface area contributed by atoms with Crippen molar-refractivity contribution in [2.24, 2.45) is 5.73 Å². The van der Waals surface area contributed by atoms with Crippen molar-refractivity contribution in [3.63, 3.8) is 0 Å². The molecule has 1 fully saturated rings. The molecule has 1 aliphatic heterocycles. The van der Waals surface area contributed by atoms with Crippen LogP contribution < -0.4 is 5.73 Å². The van der Waals surface area contributed by atoms with E-state index in [-0.39, 0.29) is 5.92 Å². The zero-order valence-corrected chi connectivity index (χ0v) is 12.9. The average molecular weight is 292 g/mol. The van der Waals surface area contributed by atoms with Crippen LogP contribution >= 0.6 is 12.2 Å². The lowest BCUT2D eigenvalue weighted by atomic mass is 9.97. The molecule has 110 valence electrons. The van der Waals surface area contributed by atoms with E-state index in [9.17, 15) is 5.11 Å². The van der Waals surface area contributed by atoms with Crippen molar-refractivity contribution in [2.45, 2.75) is 37.7 Å². The van der Waals surface area contributed by atoms with Crippen molar-refractivity contribution >= 4 is 17.2 Å². The standard InChI is InChI=1S/C16H24N2OS/c1-16(19)8-5-10-18(11-9-16)12-14(15(17)20)13-6-3-2-4-7-13/h2-4,6-7,14,19H,5,8-12H2,1H3,(H2,17,20). The van der Waals surface area contributed by atoms with Crippen LogP contribution in [0.15, 0.2) is 30.3 Å². The molecule has 0 bridgehead atoms. The highest BCUT2D eigenvalue weighted by Gasteiger charge is 2.27. The zero-order chi connectivity index (χ0) is 14.6. The third kappa shape index (κ3) is 4.27. The van der Waals surface area contributed by atoms with Crippen LogP contribution in [0.4, 0.5) is 0 Å². The minimum atomic E-state index is -0.528. The second-order valence-electron chi connectivity index (χ2n) is 6.02. The highest BCUT2D eigenvalue weighted by atomic mass is 32.1. The van der Waals surface area contributed by atoms with Crippen molar-refractivity contribution in [3.8, 4) is 0 Å². The van der Waals surface area contributed by atoms with Crippen LogP contribution in [-0.2, 0) is 0 Å². The molecule has 0 saturated carbocycles. The van der Waals surface area contributed by atoms with Crippen molar-refractivity contribution < 1.29 is 5.11 Å². The SMILES string of the molecule is CC1(O)CCCN(CC(C(N)=S)c2ccccc2)CC1. The van der Waals surface area contributed by atoms with Crippen LogP contribution in [0.2, 0.25) is 0 Å². The van der Waals surface area contributed by atoms with Gasteiger partial charge in [-0.05, 0) is 38.3 Å². The summed E-state index contributed by atoms with van der Waals surface area (Å²) in [5.74, 6) is 0.0919. The van der Waals surface area contributed by atoms with Gasteiger partial charge in [-0.3, -0.25) is 0 Å². The van der Waals surface area contributed by atoms with Gasteiger partial charge >= 0.3 is 0 Å². The topological polar surface area (TPSA) is 49.5 Å². The number of thiocarbonyl (C=S) groups is 1. The molecule has 1 saturated heterocycles. The van der Waals surface area contributed by atoms with Gasteiger partial charge < -0.3 is 15.7 Å². The third-order valence-corrected chi connectivity index (χ3v) is 4.43. The van der Waals surface area contributed by atoms with Crippen molar-refractivity contribution in [2.75, 3.05) is 19.6 Å². The van der Waals surface area contributed by atoms with Gasteiger partial charge in [0.1, 0.15) is 0 Å². The molecule has 20 heavy (non-hydrogen) atoms. The number of rotatable bonds is 4. The number of nitrogens with two attached hydrogens (primary N) is 1. The van der Waals surface area contributed by atoms with E-state index in [1.54, 1.807) is 0 Å². The lowest BCUT2D eigenvalue weighted by molar-refractivity contribution is 0.0446. The second kappa shape index (κ2) is 6.66. The first-order valence-electron chi connectivity index (χ1n) is 7.27. The van der Waals surface area contributed by atoms with Crippen LogP contribution in [0.1, 0.15) is 37.7 Å². The van der Waals surface area contributed by atoms with Crippen LogP contribution in [0.5, 0.6) is 0 Å². The van der Waals surface area contributed by atoms with Crippen LogP contribution in [0, 0.1) is 0 Å².